The normalized spacial score (nSPS) is 16.0. The highest BCUT2D eigenvalue weighted by molar-refractivity contribution is 5.79. The van der Waals surface area contributed by atoms with Gasteiger partial charge in [-0.3, -0.25) is 9.89 Å². The number of nitrogens with one attached hydrogen (secondary N) is 1. The monoisotopic (exact) mass is 346 g/mol. The van der Waals surface area contributed by atoms with E-state index in [9.17, 15) is 0 Å². The summed E-state index contributed by atoms with van der Waals surface area (Å²) in [5.74, 6) is 0.990. The Hall–Kier alpha value is -1.59. The molecular formula is C20H34N4O. The van der Waals surface area contributed by atoms with Crippen LogP contribution in [-0.4, -0.2) is 68.7 Å². The first kappa shape index (κ1) is 19.7. The molecule has 1 saturated heterocycles. The van der Waals surface area contributed by atoms with Crippen LogP contribution in [0.2, 0.25) is 0 Å². The molecule has 1 heterocycles. The minimum Gasteiger partial charge on any atom is -0.379 e. The molecule has 2 rings (SSSR count). The van der Waals surface area contributed by atoms with Gasteiger partial charge in [0, 0.05) is 46.3 Å². The molecule has 0 spiro atoms. The van der Waals surface area contributed by atoms with E-state index in [1.54, 1.807) is 0 Å². The van der Waals surface area contributed by atoms with Crippen LogP contribution in [0.4, 0.5) is 0 Å². The highest BCUT2D eigenvalue weighted by Crippen LogP contribution is 2.07. The van der Waals surface area contributed by atoms with Gasteiger partial charge >= 0.3 is 0 Å². The van der Waals surface area contributed by atoms with Gasteiger partial charge in [0.05, 0.1) is 13.2 Å². The van der Waals surface area contributed by atoms with Crippen LogP contribution >= 0.6 is 0 Å². The van der Waals surface area contributed by atoms with Crippen molar-refractivity contribution in [1.29, 1.82) is 0 Å². The number of guanidine groups is 1. The molecule has 140 valence electrons. The summed E-state index contributed by atoms with van der Waals surface area (Å²) in [6, 6.07) is 8.87. The van der Waals surface area contributed by atoms with Crippen molar-refractivity contribution in [1.82, 2.24) is 15.1 Å². The Morgan fingerprint density at radius 3 is 2.48 bits per heavy atom. The molecule has 1 N–H and O–H groups in total. The van der Waals surface area contributed by atoms with Crippen molar-refractivity contribution in [2.45, 2.75) is 33.2 Å². The summed E-state index contributed by atoms with van der Waals surface area (Å²) in [6.07, 6.45) is 2.18. The quantitative estimate of drug-likeness (QED) is 0.446. The van der Waals surface area contributed by atoms with E-state index in [2.05, 4.69) is 60.3 Å². The van der Waals surface area contributed by atoms with Gasteiger partial charge in [-0.25, -0.2) is 0 Å². The number of hydrogen-bond donors (Lipinski definition) is 1. The average molecular weight is 347 g/mol. The fraction of sp³-hybridized carbons (Fsp3) is 0.650. The molecule has 0 bridgehead atoms. The van der Waals surface area contributed by atoms with E-state index in [1.165, 1.54) is 11.1 Å². The lowest BCUT2D eigenvalue weighted by molar-refractivity contribution is 0.0377. The van der Waals surface area contributed by atoms with Crippen molar-refractivity contribution in [3.05, 3.63) is 35.4 Å². The molecule has 1 aromatic rings. The zero-order valence-corrected chi connectivity index (χ0v) is 16.1. The maximum atomic E-state index is 5.39. The zero-order valence-electron chi connectivity index (χ0n) is 16.1. The van der Waals surface area contributed by atoms with Crippen LogP contribution in [-0.2, 0) is 17.7 Å². The minimum atomic E-state index is 0.860. The van der Waals surface area contributed by atoms with Gasteiger partial charge in [0.2, 0.25) is 0 Å². The second-order valence-electron chi connectivity index (χ2n) is 6.57. The summed E-state index contributed by atoms with van der Waals surface area (Å²) in [6.45, 7) is 11.9. The Kier molecular flexibility index (Phi) is 8.77. The summed E-state index contributed by atoms with van der Waals surface area (Å²) in [7, 11) is 2.11. The van der Waals surface area contributed by atoms with Crippen LogP contribution < -0.4 is 5.32 Å². The van der Waals surface area contributed by atoms with Gasteiger partial charge < -0.3 is 15.0 Å². The van der Waals surface area contributed by atoms with E-state index in [0.29, 0.717) is 0 Å². The van der Waals surface area contributed by atoms with Crippen molar-refractivity contribution in [3.63, 3.8) is 0 Å². The molecule has 25 heavy (non-hydrogen) atoms. The van der Waals surface area contributed by atoms with Crippen LogP contribution in [0.3, 0.4) is 0 Å². The third kappa shape index (κ3) is 7.04. The molecule has 0 aliphatic carbocycles. The molecule has 5 heteroatoms. The number of aliphatic imine (C=N–C) groups is 1. The van der Waals surface area contributed by atoms with Crippen molar-refractivity contribution < 1.29 is 4.74 Å². The lowest BCUT2D eigenvalue weighted by Crippen LogP contribution is -2.39. The lowest BCUT2D eigenvalue weighted by atomic mass is 10.1. The number of ether oxygens (including phenoxy) is 1. The predicted octanol–water partition coefficient (Wildman–Crippen LogP) is 2.37. The summed E-state index contributed by atoms with van der Waals surface area (Å²) < 4.78 is 5.39. The fourth-order valence-corrected chi connectivity index (χ4v) is 3.00. The van der Waals surface area contributed by atoms with Gasteiger partial charge in [0.1, 0.15) is 0 Å². The Balaban J connectivity index is 1.81. The SMILES string of the molecule is CCNC(=NCCCN1CCOCC1)N(C)Cc1ccc(CC)cc1. The molecule has 0 saturated carbocycles. The molecule has 0 radical (unpaired) electrons. The largest absolute Gasteiger partial charge is 0.379 e. The predicted molar refractivity (Wildman–Crippen MR) is 105 cm³/mol. The summed E-state index contributed by atoms with van der Waals surface area (Å²) in [5, 5.41) is 3.41. The van der Waals surface area contributed by atoms with Crippen molar-refractivity contribution >= 4 is 5.96 Å². The summed E-state index contributed by atoms with van der Waals surface area (Å²) >= 11 is 0. The van der Waals surface area contributed by atoms with Gasteiger partial charge in [-0.15, -0.1) is 0 Å². The van der Waals surface area contributed by atoms with Gasteiger partial charge in [0.25, 0.3) is 0 Å². The van der Waals surface area contributed by atoms with Crippen molar-refractivity contribution in [3.8, 4) is 0 Å². The zero-order chi connectivity index (χ0) is 17.9. The molecule has 0 amide bonds. The molecule has 1 aliphatic rings. The van der Waals surface area contributed by atoms with Gasteiger partial charge in [0.15, 0.2) is 5.96 Å². The minimum absolute atomic E-state index is 0.860. The van der Waals surface area contributed by atoms with Crippen molar-refractivity contribution in [2.24, 2.45) is 4.99 Å². The highest BCUT2D eigenvalue weighted by Gasteiger charge is 2.10. The second kappa shape index (κ2) is 11.1. The van der Waals surface area contributed by atoms with E-state index < -0.39 is 0 Å². The Morgan fingerprint density at radius 1 is 1.16 bits per heavy atom. The summed E-state index contributed by atoms with van der Waals surface area (Å²) in [4.78, 5) is 9.47. The van der Waals surface area contributed by atoms with E-state index in [1.807, 2.05) is 0 Å². The first-order chi connectivity index (χ1) is 12.2. The Bertz CT molecular complexity index is 509. The smallest absolute Gasteiger partial charge is 0.193 e. The third-order valence-electron chi connectivity index (χ3n) is 4.55. The molecule has 5 nitrogen and oxygen atoms in total. The van der Waals surface area contributed by atoms with Crippen LogP contribution in [0.5, 0.6) is 0 Å². The van der Waals surface area contributed by atoms with Crippen LogP contribution in [0.1, 0.15) is 31.4 Å². The van der Waals surface area contributed by atoms with E-state index in [4.69, 9.17) is 9.73 Å². The number of rotatable bonds is 8. The molecular weight excluding hydrogens is 312 g/mol. The average Bonchev–Trinajstić information content (AvgIpc) is 2.65. The topological polar surface area (TPSA) is 40.1 Å². The second-order valence-corrected chi connectivity index (χ2v) is 6.57. The lowest BCUT2D eigenvalue weighted by Gasteiger charge is -2.26. The number of nitrogens with zero attached hydrogens (tertiary/aromatic N) is 3. The number of morpholine rings is 1. The molecule has 0 atom stereocenters. The van der Waals surface area contributed by atoms with E-state index in [0.717, 1.165) is 71.3 Å². The number of benzene rings is 1. The Morgan fingerprint density at radius 2 is 1.84 bits per heavy atom. The molecule has 1 aromatic carbocycles. The van der Waals surface area contributed by atoms with Gasteiger partial charge in [-0.05, 0) is 30.9 Å². The van der Waals surface area contributed by atoms with Crippen LogP contribution in [0, 0.1) is 0 Å². The number of aryl methyl sites for hydroxylation is 1. The highest BCUT2D eigenvalue weighted by atomic mass is 16.5. The van der Waals surface area contributed by atoms with Crippen molar-refractivity contribution in [2.75, 3.05) is 53.0 Å². The van der Waals surface area contributed by atoms with Crippen LogP contribution in [0.25, 0.3) is 0 Å². The maximum Gasteiger partial charge on any atom is 0.193 e. The summed E-state index contributed by atoms with van der Waals surface area (Å²) in [5.41, 5.74) is 2.70. The van der Waals surface area contributed by atoms with Gasteiger partial charge in [-0.2, -0.15) is 0 Å². The molecule has 0 unspecified atom stereocenters. The third-order valence-corrected chi connectivity index (χ3v) is 4.55. The fourth-order valence-electron chi connectivity index (χ4n) is 3.00. The van der Waals surface area contributed by atoms with E-state index in [-0.39, 0.29) is 0 Å². The standard InChI is InChI=1S/C20H34N4O/c1-4-18-7-9-19(10-8-18)17-23(3)20(21-5-2)22-11-6-12-24-13-15-25-16-14-24/h7-10H,4-6,11-17H2,1-3H3,(H,21,22). The van der Waals surface area contributed by atoms with E-state index >= 15 is 0 Å². The molecule has 1 fully saturated rings. The Labute approximate surface area is 153 Å². The van der Waals surface area contributed by atoms with Gasteiger partial charge in [-0.1, -0.05) is 31.2 Å². The molecule has 0 aromatic heterocycles. The molecule has 1 aliphatic heterocycles. The first-order valence-electron chi connectivity index (χ1n) is 9.60. The number of hydrogen-bond acceptors (Lipinski definition) is 3. The first-order valence-corrected chi connectivity index (χ1v) is 9.60. The maximum absolute atomic E-state index is 5.39. The van der Waals surface area contributed by atoms with Crippen LogP contribution in [0.15, 0.2) is 29.3 Å².